The lowest BCUT2D eigenvalue weighted by Crippen LogP contribution is -2.51. The number of aryl methyl sites for hydroxylation is 1. The van der Waals surface area contributed by atoms with Gasteiger partial charge in [0.05, 0.1) is 12.0 Å². The van der Waals surface area contributed by atoms with Gasteiger partial charge in [0.25, 0.3) is 0 Å². The smallest absolute Gasteiger partial charge is 0.238 e. The molecular weight excluding hydrogens is 528 g/mol. The van der Waals surface area contributed by atoms with Gasteiger partial charge in [-0.25, -0.2) is 0 Å². The van der Waals surface area contributed by atoms with E-state index in [0.29, 0.717) is 33.9 Å². The summed E-state index contributed by atoms with van der Waals surface area (Å²) in [4.78, 5) is 46.1. The number of nitrogens with one attached hydrogen (secondary N) is 1. The van der Waals surface area contributed by atoms with Crippen LogP contribution in [-0.4, -0.2) is 36.4 Å². The molecule has 1 N–H and O–H groups in total. The number of anilines is 2. The van der Waals surface area contributed by atoms with E-state index in [2.05, 4.69) is 5.32 Å². The third kappa shape index (κ3) is 3.25. The van der Waals surface area contributed by atoms with E-state index < -0.39 is 23.4 Å². The maximum Gasteiger partial charge on any atom is 0.238 e. The van der Waals surface area contributed by atoms with Gasteiger partial charge in [0, 0.05) is 22.5 Å². The van der Waals surface area contributed by atoms with Crippen molar-refractivity contribution in [2.75, 3.05) is 17.0 Å². The molecule has 4 heterocycles. The molecule has 4 aliphatic rings. The van der Waals surface area contributed by atoms with Gasteiger partial charge in [-0.3, -0.25) is 14.4 Å². The zero-order valence-electron chi connectivity index (χ0n) is 22.7. The van der Waals surface area contributed by atoms with E-state index in [9.17, 15) is 14.4 Å². The molecule has 1 fully saturated rings. The van der Waals surface area contributed by atoms with Gasteiger partial charge < -0.3 is 19.7 Å². The highest BCUT2D eigenvalue weighted by atomic mass is 16.7. The molecule has 1 saturated heterocycles. The summed E-state index contributed by atoms with van der Waals surface area (Å²) in [5.74, 6) is -0.827. The highest BCUT2D eigenvalue weighted by Gasteiger charge is 2.70. The largest absolute Gasteiger partial charge is 0.454 e. The van der Waals surface area contributed by atoms with Crippen molar-refractivity contribution in [3.05, 3.63) is 125 Å². The van der Waals surface area contributed by atoms with Crippen LogP contribution in [0.25, 0.3) is 6.08 Å². The molecule has 0 aromatic heterocycles. The van der Waals surface area contributed by atoms with Gasteiger partial charge in [-0.05, 0) is 53.9 Å². The summed E-state index contributed by atoms with van der Waals surface area (Å²) in [6.07, 6.45) is 3.99. The van der Waals surface area contributed by atoms with Gasteiger partial charge in [-0.2, -0.15) is 0 Å². The molecule has 0 bridgehead atoms. The summed E-state index contributed by atoms with van der Waals surface area (Å²) in [7, 11) is 0. The molecule has 0 unspecified atom stereocenters. The minimum Gasteiger partial charge on any atom is -0.454 e. The van der Waals surface area contributed by atoms with Crippen LogP contribution < -0.4 is 19.7 Å². The maximum atomic E-state index is 15.0. The predicted octanol–water partition coefficient (Wildman–Crippen LogP) is 5.58. The molecular formula is C35H26N2O5. The third-order valence-electron chi connectivity index (χ3n) is 9.06. The van der Waals surface area contributed by atoms with Crippen molar-refractivity contribution in [1.82, 2.24) is 0 Å². The minimum atomic E-state index is -1.36. The van der Waals surface area contributed by atoms with Crippen LogP contribution in [-0.2, 0) is 10.2 Å². The summed E-state index contributed by atoms with van der Waals surface area (Å²) in [6.45, 7) is 2.07. The van der Waals surface area contributed by atoms with Crippen molar-refractivity contribution < 1.29 is 23.9 Å². The van der Waals surface area contributed by atoms with Crippen LogP contribution in [0.4, 0.5) is 11.4 Å². The maximum absolute atomic E-state index is 15.0. The summed E-state index contributed by atoms with van der Waals surface area (Å²) < 4.78 is 11.1. The number of nitrogens with zero attached hydrogens (tertiary/aromatic N) is 1. The average molecular weight is 555 g/mol. The highest BCUT2D eigenvalue weighted by molar-refractivity contribution is 6.18. The van der Waals surface area contributed by atoms with Crippen molar-refractivity contribution in [3.63, 3.8) is 0 Å². The van der Waals surface area contributed by atoms with Crippen LogP contribution >= 0.6 is 0 Å². The summed E-state index contributed by atoms with van der Waals surface area (Å²) in [5, 5.41) is 3.07. The Labute approximate surface area is 242 Å². The topological polar surface area (TPSA) is 84.9 Å². The third-order valence-corrected chi connectivity index (χ3v) is 9.06. The van der Waals surface area contributed by atoms with Crippen LogP contribution in [0.5, 0.6) is 11.5 Å². The molecule has 4 aliphatic heterocycles. The number of ether oxygens (including phenoxy) is 2. The van der Waals surface area contributed by atoms with Crippen LogP contribution in [0, 0.1) is 12.8 Å². The second kappa shape index (κ2) is 8.91. The van der Waals surface area contributed by atoms with Crippen LogP contribution in [0.1, 0.15) is 37.4 Å². The number of hydrogen-bond donors (Lipinski definition) is 1. The summed E-state index contributed by atoms with van der Waals surface area (Å²) in [5.41, 5.74) is 3.63. The summed E-state index contributed by atoms with van der Waals surface area (Å²) in [6, 6.07) is 26.1. The number of carbonyl (C=O) groups is 3. The van der Waals surface area contributed by atoms with E-state index in [1.54, 1.807) is 30.3 Å². The number of para-hydroxylation sites is 1. The van der Waals surface area contributed by atoms with Gasteiger partial charge >= 0.3 is 0 Å². The normalized spacial score (nSPS) is 24.3. The second-order valence-electron chi connectivity index (χ2n) is 11.2. The van der Waals surface area contributed by atoms with E-state index >= 15 is 0 Å². The number of hydrogen-bond acceptors (Lipinski definition) is 6. The lowest BCUT2D eigenvalue weighted by Gasteiger charge is -2.37. The van der Waals surface area contributed by atoms with Crippen molar-refractivity contribution in [2.24, 2.45) is 5.92 Å². The Kier molecular flexibility index (Phi) is 5.22. The van der Waals surface area contributed by atoms with Crippen molar-refractivity contribution in [2.45, 2.75) is 24.4 Å². The Hall–Kier alpha value is -5.17. The lowest BCUT2D eigenvalue weighted by molar-refractivity contribution is -0.121. The number of benzene rings is 4. The summed E-state index contributed by atoms with van der Waals surface area (Å²) >= 11 is 0. The zero-order valence-corrected chi connectivity index (χ0v) is 22.7. The molecule has 4 aromatic carbocycles. The Morgan fingerprint density at radius 2 is 1.64 bits per heavy atom. The number of carbonyl (C=O) groups excluding carboxylic acids is 3. The van der Waals surface area contributed by atoms with Gasteiger partial charge in [-0.1, -0.05) is 72.8 Å². The molecule has 1 amide bonds. The fraction of sp³-hybridized carbons (Fsp3) is 0.171. The molecule has 4 atom stereocenters. The molecule has 0 saturated carbocycles. The molecule has 4 aromatic rings. The van der Waals surface area contributed by atoms with Gasteiger partial charge in [0.2, 0.25) is 12.7 Å². The first-order valence-corrected chi connectivity index (χ1v) is 14.0. The average Bonchev–Trinajstić information content (AvgIpc) is 3.70. The number of fused-ring (bicyclic) bond motifs is 7. The van der Waals surface area contributed by atoms with E-state index in [1.165, 1.54) is 0 Å². The first-order valence-electron chi connectivity index (χ1n) is 14.0. The number of rotatable bonds is 4. The van der Waals surface area contributed by atoms with E-state index in [0.717, 1.165) is 16.8 Å². The molecule has 7 nitrogen and oxygen atoms in total. The first kappa shape index (κ1) is 24.6. The molecule has 0 radical (unpaired) electrons. The Bertz CT molecular complexity index is 1850. The molecule has 42 heavy (non-hydrogen) atoms. The monoisotopic (exact) mass is 554 g/mol. The zero-order chi connectivity index (χ0) is 28.6. The highest BCUT2D eigenvalue weighted by Crippen LogP contribution is 2.58. The predicted molar refractivity (Wildman–Crippen MR) is 158 cm³/mol. The van der Waals surface area contributed by atoms with Gasteiger partial charge in [0.15, 0.2) is 23.1 Å². The van der Waals surface area contributed by atoms with Crippen molar-refractivity contribution >= 4 is 34.9 Å². The number of ketones is 2. The van der Waals surface area contributed by atoms with E-state index in [1.807, 2.05) is 84.6 Å². The van der Waals surface area contributed by atoms with Crippen LogP contribution in [0.15, 0.2) is 97.1 Å². The molecule has 1 spiro atoms. The van der Waals surface area contributed by atoms with Crippen LogP contribution in [0.2, 0.25) is 0 Å². The Balaban J connectivity index is 1.42. The fourth-order valence-electron chi connectivity index (χ4n) is 7.28. The fourth-order valence-corrected chi connectivity index (χ4v) is 7.28. The van der Waals surface area contributed by atoms with Crippen molar-refractivity contribution in [1.29, 1.82) is 0 Å². The number of amides is 1. The SMILES string of the molecule is Cc1ccc2c(c1)N1[C@H](C(=O)c3ccccc3)[C@@H](C(=O)c3ccc4c(c3)OCO4)[C@@]3(C(=O)Nc4ccccc43)[C@H]1C=C2. The van der Waals surface area contributed by atoms with Crippen molar-refractivity contribution in [3.8, 4) is 11.5 Å². The standard InChI is InChI=1S/C35H26N2O5/c1-20-11-12-21-14-16-29-35(24-9-5-6-10-25(24)36-34(35)40)30(32(38)23-13-15-27-28(18-23)42-19-41-27)31(37(29)26(21)17-20)33(39)22-7-3-2-4-8-22/h2-18,29-31H,19H2,1H3,(H,36,40)/t29-,30+,31+,35+/m1/s1. The van der Waals surface area contributed by atoms with Gasteiger partial charge in [-0.15, -0.1) is 0 Å². The lowest BCUT2D eigenvalue weighted by atomic mass is 9.64. The quantitative estimate of drug-likeness (QED) is 0.332. The molecule has 0 aliphatic carbocycles. The molecule has 8 rings (SSSR count). The van der Waals surface area contributed by atoms with Crippen LogP contribution in [0.3, 0.4) is 0 Å². The first-order chi connectivity index (χ1) is 20.5. The van der Waals surface area contributed by atoms with E-state index in [-0.39, 0.29) is 24.3 Å². The van der Waals surface area contributed by atoms with Gasteiger partial charge in [0.1, 0.15) is 11.5 Å². The Morgan fingerprint density at radius 3 is 2.50 bits per heavy atom. The second-order valence-corrected chi connectivity index (χ2v) is 11.2. The molecule has 206 valence electrons. The molecule has 7 heteroatoms. The van der Waals surface area contributed by atoms with E-state index in [4.69, 9.17) is 9.47 Å². The number of Topliss-reactive ketones (excluding diaryl/α,β-unsaturated/α-hetero) is 2. The minimum absolute atomic E-state index is 0.0715. The Morgan fingerprint density at radius 1 is 0.857 bits per heavy atom.